The van der Waals surface area contributed by atoms with Gasteiger partial charge in [-0.15, -0.1) is 11.3 Å². The van der Waals surface area contributed by atoms with Gasteiger partial charge in [0.2, 0.25) is 11.8 Å². The molecule has 1 aromatic heterocycles. The highest BCUT2D eigenvalue weighted by Crippen LogP contribution is 2.30. The Morgan fingerprint density at radius 1 is 0.966 bits per heavy atom. The standard InChI is InChI=1S/C43H56F3N5O6S/c1-7-27(4)37(49-39(54)34-15-11-12-20-50(34)6)41(55)51(24-30-13-9-8-10-14-30)35(26(2)3)23-36(52)40-48-33(25-58-40)38(53)47-32(21-28(5)42(56)57)22-29-16-18-31(19-17-29)43(44,45)46/h8-10,13-14,16-19,25-28,32,34-35,37H,7,11-12,15,20-24H2,1-6H3,(H,47,53)(H,49,54)(H,56,57). The number of carbonyl (C=O) groups excluding carboxylic acids is 4. The van der Waals surface area contributed by atoms with Crippen LogP contribution in [0.25, 0.3) is 0 Å². The molecule has 1 fully saturated rings. The van der Waals surface area contributed by atoms with Gasteiger partial charge < -0.3 is 20.6 Å². The van der Waals surface area contributed by atoms with Gasteiger partial charge in [-0.1, -0.05) is 89.9 Å². The lowest BCUT2D eigenvalue weighted by molar-refractivity contribution is -0.142. The van der Waals surface area contributed by atoms with Crippen LogP contribution >= 0.6 is 11.3 Å². The summed E-state index contributed by atoms with van der Waals surface area (Å²) in [4.78, 5) is 75.6. The molecular formula is C43H56F3N5O6S. The molecule has 0 bridgehead atoms. The second-order valence-corrected chi connectivity index (χ2v) is 16.7. The number of nitrogens with one attached hydrogen (secondary N) is 2. The first-order valence-electron chi connectivity index (χ1n) is 19.9. The van der Waals surface area contributed by atoms with Crippen LogP contribution in [0.4, 0.5) is 13.2 Å². The Morgan fingerprint density at radius 3 is 2.22 bits per heavy atom. The van der Waals surface area contributed by atoms with Gasteiger partial charge in [0.1, 0.15) is 11.7 Å². The van der Waals surface area contributed by atoms with Gasteiger partial charge in [0.15, 0.2) is 10.8 Å². The van der Waals surface area contributed by atoms with Crippen molar-refractivity contribution in [1.82, 2.24) is 25.4 Å². The number of amides is 3. The van der Waals surface area contributed by atoms with E-state index in [4.69, 9.17) is 0 Å². The number of carboxylic acid groups (broad SMARTS) is 1. The summed E-state index contributed by atoms with van der Waals surface area (Å²) in [5, 5.41) is 16.9. The summed E-state index contributed by atoms with van der Waals surface area (Å²) in [6, 6.07) is 11.3. The van der Waals surface area contributed by atoms with Crippen molar-refractivity contribution < 1.29 is 42.3 Å². The third-order valence-corrected chi connectivity index (χ3v) is 11.9. The molecular weight excluding hydrogens is 772 g/mol. The zero-order chi connectivity index (χ0) is 42.7. The van der Waals surface area contributed by atoms with Crippen molar-refractivity contribution in [2.24, 2.45) is 17.8 Å². The number of likely N-dealkylation sites (tertiary alicyclic amines) is 1. The topological polar surface area (TPSA) is 149 Å². The van der Waals surface area contributed by atoms with Crippen LogP contribution < -0.4 is 10.6 Å². The van der Waals surface area contributed by atoms with Crippen molar-refractivity contribution in [1.29, 1.82) is 0 Å². The lowest BCUT2D eigenvalue weighted by Crippen LogP contribution is -2.58. The Bertz CT molecular complexity index is 1850. The van der Waals surface area contributed by atoms with Gasteiger partial charge in [-0.3, -0.25) is 28.9 Å². The van der Waals surface area contributed by atoms with E-state index in [0.717, 1.165) is 48.4 Å². The number of rotatable bonds is 19. The SMILES string of the molecule is CCC(C)C(NC(=O)C1CCCCN1C)C(=O)N(Cc1ccccc1)C(CC(=O)c1nc(C(=O)NC(Cc2ccc(C(F)(F)F)cc2)CC(C)C(=O)O)cs1)C(C)C. The van der Waals surface area contributed by atoms with E-state index in [1.54, 1.807) is 4.90 Å². The number of halogens is 3. The number of hydrogen-bond acceptors (Lipinski definition) is 8. The molecule has 3 amide bonds. The van der Waals surface area contributed by atoms with Gasteiger partial charge in [0.05, 0.1) is 17.5 Å². The van der Waals surface area contributed by atoms with E-state index in [1.807, 2.05) is 70.0 Å². The second kappa shape index (κ2) is 20.9. The molecule has 0 spiro atoms. The van der Waals surface area contributed by atoms with Gasteiger partial charge in [0, 0.05) is 30.4 Å². The summed E-state index contributed by atoms with van der Waals surface area (Å²) >= 11 is 0.970. The molecule has 1 aliphatic rings. The molecule has 6 unspecified atom stereocenters. The van der Waals surface area contributed by atoms with Crippen molar-refractivity contribution in [3.05, 3.63) is 87.4 Å². The average molecular weight is 828 g/mol. The highest BCUT2D eigenvalue weighted by atomic mass is 32.1. The smallest absolute Gasteiger partial charge is 0.416 e. The predicted octanol–water partition coefficient (Wildman–Crippen LogP) is 7.26. The van der Waals surface area contributed by atoms with E-state index in [2.05, 4.69) is 15.6 Å². The number of hydrogen-bond donors (Lipinski definition) is 3. The summed E-state index contributed by atoms with van der Waals surface area (Å²) in [6.07, 6.45) is -1.30. The third kappa shape index (κ3) is 12.7. The van der Waals surface area contributed by atoms with Crippen LogP contribution in [0.3, 0.4) is 0 Å². The van der Waals surface area contributed by atoms with Crippen LogP contribution in [0.5, 0.6) is 0 Å². The number of nitrogens with zero attached hydrogens (tertiary/aromatic N) is 3. The van der Waals surface area contributed by atoms with Crippen LogP contribution in [0.1, 0.15) is 110 Å². The molecule has 6 atom stereocenters. The Hall–Kier alpha value is -4.63. The molecule has 4 rings (SSSR count). The fourth-order valence-corrected chi connectivity index (χ4v) is 7.99. The van der Waals surface area contributed by atoms with Crippen molar-refractivity contribution >= 4 is 40.8 Å². The van der Waals surface area contributed by atoms with Gasteiger partial charge in [-0.2, -0.15) is 13.2 Å². The number of piperidine rings is 1. The molecule has 0 radical (unpaired) electrons. The van der Waals surface area contributed by atoms with Crippen molar-refractivity contribution in [2.45, 2.75) is 116 Å². The quantitative estimate of drug-likeness (QED) is 0.107. The minimum Gasteiger partial charge on any atom is -0.481 e. The van der Waals surface area contributed by atoms with E-state index >= 15 is 0 Å². The number of carbonyl (C=O) groups is 5. The molecule has 15 heteroatoms. The largest absolute Gasteiger partial charge is 0.481 e. The maximum atomic E-state index is 14.8. The molecule has 0 aliphatic carbocycles. The number of aliphatic carboxylic acids is 1. The Kier molecular flexibility index (Phi) is 16.6. The fraction of sp³-hybridized carbons (Fsp3) is 0.535. The number of ketones is 1. The lowest BCUT2D eigenvalue weighted by Gasteiger charge is -2.39. The summed E-state index contributed by atoms with van der Waals surface area (Å²) in [5.74, 6) is -3.89. The summed E-state index contributed by atoms with van der Waals surface area (Å²) in [6.45, 7) is 10.2. The lowest BCUT2D eigenvalue weighted by atomic mass is 9.92. The van der Waals surface area contributed by atoms with Crippen molar-refractivity contribution in [3.8, 4) is 0 Å². The van der Waals surface area contributed by atoms with E-state index in [0.29, 0.717) is 18.4 Å². The van der Waals surface area contributed by atoms with Gasteiger partial charge >= 0.3 is 12.1 Å². The van der Waals surface area contributed by atoms with Crippen LogP contribution in [-0.2, 0) is 33.5 Å². The Balaban J connectivity index is 1.56. The number of Topliss-reactive ketones (excluding diaryl/α,β-unsaturated/α-hetero) is 1. The first-order valence-corrected chi connectivity index (χ1v) is 20.8. The first kappa shape index (κ1) is 46.1. The fourth-order valence-electron chi connectivity index (χ4n) is 7.24. The van der Waals surface area contributed by atoms with E-state index in [-0.39, 0.29) is 72.0 Å². The minimum absolute atomic E-state index is 0.00514. The highest BCUT2D eigenvalue weighted by molar-refractivity contribution is 7.12. The second-order valence-electron chi connectivity index (χ2n) is 15.8. The highest BCUT2D eigenvalue weighted by Gasteiger charge is 2.38. The Labute approximate surface area is 342 Å². The monoisotopic (exact) mass is 827 g/mol. The van der Waals surface area contributed by atoms with Gasteiger partial charge in [-0.05, 0) is 74.4 Å². The van der Waals surface area contributed by atoms with Crippen molar-refractivity contribution in [2.75, 3.05) is 13.6 Å². The molecule has 1 saturated heterocycles. The molecule has 11 nitrogen and oxygen atoms in total. The molecule has 3 aromatic rings. The number of likely N-dealkylation sites (N-methyl/N-ethyl adjacent to an activating group) is 1. The third-order valence-electron chi connectivity index (χ3n) is 11.0. The summed E-state index contributed by atoms with van der Waals surface area (Å²) < 4.78 is 39.4. The van der Waals surface area contributed by atoms with Crippen LogP contribution in [0.15, 0.2) is 60.0 Å². The number of benzene rings is 2. The first-order chi connectivity index (χ1) is 27.4. The summed E-state index contributed by atoms with van der Waals surface area (Å²) in [7, 11) is 1.92. The predicted molar refractivity (Wildman–Crippen MR) is 216 cm³/mol. The molecule has 1 aliphatic heterocycles. The maximum absolute atomic E-state index is 14.8. The molecule has 2 aromatic carbocycles. The van der Waals surface area contributed by atoms with E-state index in [1.165, 1.54) is 24.4 Å². The number of thiazole rings is 1. The zero-order valence-electron chi connectivity index (χ0n) is 34.1. The summed E-state index contributed by atoms with van der Waals surface area (Å²) in [5.41, 5.74) is 0.425. The molecule has 0 saturated carbocycles. The van der Waals surface area contributed by atoms with Gasteiger partial charge in [0.25, 0.3) is 5.91 Å². The normalized spacial score (nSPS) is 17.4. The maximum Gasteiger partial charge on any atom is 0.416 e. The Morgan fingerprint density at radius 2 is 1.64 bits per heavy atom. The van der Waals surface area contributed by atoms with Crippen LogP contribution in [0, 0.1) is 17.8 Å². The van der Waals surface area contributed by atoms with Crippen molar-refractivity contribution in [3.63, 3.8) is 0 Å². The van der Waals surface area contributed by atoms with E-state index in [9.17, 15) is 42.3 Å². The van der Waals surface area contributed by atoms with E-state index < -0.39 is 47.7 Å². The number of alkyl halides is 3. The zero-order valence-corrected chi connectivity index (χ0v) is 34.9. The van der Waals surface area contributed by atoms with Crippen LogP contribution in [0.2, 0.25) is 0 Å². The minimum atomic E-state index is -4.52. The molecule has 2 heterocycles. The average Bonchev–Trinajstić information content (AvgIpc) is 3.69. The van der Waals surface area contributed by atoms with Gasteiger partial charge in [-0.25, -0.2) is 4.98 Å². The van der Waals surface area contributed by atoms with Crippen LogP contribution in [-0.4, -0.2) is 87.1 Å². The molecule has 58 heavy (non-hydrogen) atoms. The number of aromatic nitrogens is 1. The number of carboxylic acids is 1. The molecule has 3 N–H and O–H groups in total. The molecule has 316 valence electrons.